The van der Waals surface area contributed by atoms with Gasteiger partial charge < -0.3 is 10.1 Å². The lowest BCUT2D eigenvalue weighted by Crippen LogP contribution is -2.09. The standard InChI is InChI=1S/C17H20BrNO/c1-11-5-6-12(2)15(9-11)13(3)19-16-10-14(18)7-8-17(16)20-4/h5-10,13,19H,1-4H3. The van der Waals surface area contributed by atoms with Crippen LogP contribution >= 0.6 is 15.9 Å². The fourth-order valence-corrected chi connectivity index (χ4v) is 2.69. The van der Waals surface area contributed by atoms with E-state index in [1.807, 2.05) is 18.2 Å². The van der Waals surface area contributed by atoms with Crippen molar-refractivity contribution in [1.82, 2.24) is 0 Å². The summed E-state index contributed by atoms with van der Waals surface area (Å²) in [6.07, 6.45) is 0. The molecule has 0 fully saturated rings. The van der Waals surface area contributed by atoms with Crippen LogP contribution < -0.4 is 10.1 Å². The maximum Gasteiger partial charge on any atom is 0.142 e. The van der Waals surface area contributed by atoms with Crippen LogP contribution in [0.25, 0.3) is 0 Å². The monoisotopic (exact) mass is 333 g/mol. The lowest BCUT2D eigenvalue weighted by atomic mass is 10.00. The van der Waals surface area contributed by atoms with Crippen LogP contribution in [-0.2, 0) is 0 Å². The van der Waals surface area contributed by atoms with Crippen molar-refractivity contribution in [2.24, 2.45) is 0 Å². The quantitative estimate of drug-likeness (QED) is 0.825. The number of nitrogens with one attached hydrogen (secondary N) is 1. The van der Waals surface area contributed by atoms with Gasteiger partial charge in [-0.25, -0.2) is 0 Å². The minimum absolute atomic E-state index is 0.220. The Kier molecular flexibility index (Phi) is 4.71. The van der Waals surface area contributed by atoms with Crippen molar-refractivity contribution in [3.8, 4) is 5.75 Å². The van der Waals surface area contributed by atoms with Crippen molar-refractivity contribution in [2.45, 2.75) is 26.8 Å². The van der Waals surface area contributed by atoms with Gasteiger partial charge in [0.25, 0.3) is 0 Å². The number of hydrogen-bond acceptors (Lipinski definition) is 2. The van der Waals surface area contributed by atoms with Gasteiger partial charge in [-0.2, -0.15) is 0 Å². The summed E-state index contributed by atoms with van der Waals surface area (Å²) in [5.41, 5.74) is 4.88. The second kappa shape index (κ2) is 6.31. The summed E-state index contributed by atoms with van der Waals surface area (Å²) in [6, 6.07) is 12.7. The zero-order valence-corrected chi connectivity index (χ0v) is 13.9. The Morgan fingerprint density at radius 2 is 1.85 bits per heavy atom. The van der Waals surface area contributed by atoms with Crippen LogP contribution in [0.4, 0.5) is 5.69 Å². The number of methoxy groups -OCH3 is 1. The summed E-state index contributed by atoms with van der Waals surface area (Å²) in [5, 5.41) is 3.53. The zero-order chi connectivity index (χ0) is 14.7. The molecular weight excluding hydrogens is 314 g/mol. The molecule has 0 radical (unpaired) electrons. The summed E-state index contributed by atoms with van der Waals surface area (Å²) in [6.45, 7) is 6.43. The molecule has 0 aromatic heterocycles. The molecule has 2 rings (SSSR count). The van der Waals surface area contributed by atoms with E-state index in [9.17, 15) is 0 Å². The lowest BCUT2D eigenvalue weighted by molar-refractivity contribution is 0.416. The third-order valence-corrected chi connectivity index (χ3v) is 3.93. The largest absolute Gasteiger partial charge is 0.495 e. The fourth-order valence-electron chi connectivity index (χ4n) is 2.33. The van der Waals surface area contributed by atoms with Gasteiger partial charge in [0.2, 0.25) is 0 Å². The predicted molar refractivity (Wildman–Crippen MR) is 88.6 cm³/mol. The molecule has 2 aromatic carbocycles. The SMILES string of the molecule is COc1ccc(Br)cc1NC(C)c1cc(C)ccc1C. The van der Waals surface area contributed by atoms with E-state index in [0.717, 1.165) is 15.9 Å². The number of anilines is 1. The summed E-state index contributed by atoms with van der Waals surface area (Å²) < 4.78 is 6.44. The van der Waals surface area contributed by atoms with Gasteiger partial charge in [0, 0.05) is 10.5 Å². The Bertz CT molecular complexity index is 610. The Labute approximate surface area is 129 Å². The van der Waals surface area contributed by atoms with Gasteiger partial charge in [0.15, 0.2) is 0 Å². The zero-order valence-electron chi connectivity index (χ0n) is 12.3. The molecule has 0 aliphatic heterocycles. The fraction of sp³-hybridized carbons (Fsp3) is 0.294. The van der Waals surface area contributed by atoms with E-state index in [4.69, 9.17) is 4.74 Å². The molecule has 0 amide bonds. The Morgan fingerprint density at radius 1 is 1.10 bits per heavy atom. The number of aryl methyl sites for hydroxylation is 2. The predicted octanol–water partition coefficient (Wildman–Crippen LogP) is 5.25. The van der Waals surface area contributed by atoms with E-state index >= 15 is 0 Å². The highest BCUT2D eigenvalue weighted by Gasteiger charge is 2.11. The molecule has 2 aromatic rings. The maximum absolute atomic E-state index is 5.41. The van der Waals surface area contributed by atoms with Crippen LogP contribution in [0.5, 0.6) is 5.75 Å². The van der Waals surface area contributed by atoms with E-state index in [1.54, 1.807) is 7.11 Å². The van der Waals surface area contributed by atoms with Crippen LogP contribution in [0.3, 0.4) is 0 Å². The minimum Gasteiger partial charge on any atom is -0.495 e. The molecule has 0 heterocycles. The van der Waals surface area contributed by atoms with Crippen molar-refractivity contribution >= 4 is 21.6 Å². The molecule has 0 bridgehead atoms. The average Bonchev–Trinajstić information content (AvgIpc) is 2.41. The van der Waals surface area contributed by atoms with E-state index in [2.05, 4.69) is 60.2 Å². The van der Waals surface area contributed by atoms with Crippen molar-refractivity contribution in [1.29, 1.82) is 0 Å². The molecule has 1 atom stereocenters. The number of ether oxygens (including phenoxy) is 1. The first kappa shape index (κ1) is 14.9. The molecule has 0 saturated carbocycles. The van der Waals surface area contributed by atoms with Crippen molar-refractivity contribution in [3.05, 3.63) is 57.6 Å². The van der Waals surface area contributed by atoms with Crippen LogP contribution in [0.1, 0.15) is 29.7 Å². The highest BCUT2D eigenvalue weighted by molar-refractivity contribution is 9.10. The van der Waals surface area contributed by atoms with E-state index in [0.29, 0.717) is 0 Å². The highest BCUT2D eigenvalue weighted by Crippen LogP contribution is 2.31. The van der Waals surface area contributed by atoms with E-state index in [1.165, 1.54) is 16.7 Å². The maximum atomic E-state index is 5.41. The van der Waals surface area contributed by atoms with Gasteiger partial charge in [0.05, 0.1) is 12.8 Å². The third-order valence-electron chi connectivity index (χ3n) is 3.43. The minimum atomic E-state index is 0.220. The third kappa shape index (κ3) is 3.34. The van der Waals surface area contributed by atoms with Crippen molar-refractivity contribution < 1.29 is 4.74 Å². The molecular formula is C17H20BrNO. The molecule has 20 heavy (non-hydrogen) atoms. The Hall–Kier alpha value is -1.48. The van der Waals surface area contributed by atoms with Crippen LogP contribution in [0.2, 0.25) is 0 Å². The average molecular weight is 334 g/mol. The van der Waals surface area contributed by atoms with Gasteiger partial charge in [-0.1, -0.05) is 39.7 Å². The van der Waals surface area contributed by atoms with Crippen molar-refractivity contribution in [3.63, 3.8) is 0 Å². The summed E-state index contributed by atoms with van der Waals surface area (Å²) >= 11 is 3.50. The molecule has 0 aliphatic carbocycles. The Balaban J connectivity index is 2.29. The molecule has 2 nitrogen and oxygen atoms in total. The molecule has 0 spiro atoms. The van der Waals surface area contributed by atoms with E-state index < -0.39 is 0 Å². The normalized spacial score (nSPS) is 12.1. The molecule has 0 aliphatic rings. The van der Waals surface area contributed by atoms with Gasteiger partial charge in [-0.15, -0.1) is 0 Å². The summed E-state index contributed by atoms with van der Waals surface area (Å²) in [7, 11) is 1.69. The first-order valence-electron chi connectivity index (χ1n) is 6.68. The van der Waals surface area contributed by atoms with Gasteiger partial charge in [-0.3, -0.25) is 0 Å². The van der Waals surface area contributed by atoms with E-state index in [-0.39, 0.29) is 6.04 Å². The van der Waals surface area contributed by atoms with Crippen molar-refractivity contribution in [2.75, 3.05) is 12.4 Å². The summed E-state index contributed by atoms with van der Waals surface area (Å²) in [5.74, 6) is 0.852. The molecule has 106 valence electrons. The number of halogens is 1. The number of hydrogen-bond donors (Lipinski definition) is 1. The smallest absolute Gasteiger partial charge is 0.142 e. The lowest BCUT2D eigenvalue weighted by Gasteiger charge is -2.20. The molecule has 1 N–H and O–H groups in total. The van der Waals surface area contributed by atoms with Gasteiger partial charge >= 0.3 is 0 Å². The Morgan fingerprint density at radius 3 is 2.55 bits per heavy atom. The highest BCUT2D eigenvalue weighted by atomic mass is 79.9. The molecule has 1 unspecified atom stereocenters. The summed E-state index contributed by atoms with van der Waals surface area (Å²) in [4.78, 5) is 0. The van der Waals surface area contributed by atoms with Crippen LogP contribution in [0.15, 0.2) is 40.9 Å². The second-order valence-electron chi connectivity index (χ2n) is 5.07. The second-order valence-corrected chi connectivity index (χ2v) is 5.99. The number of benzene rings is 2. The van der Waals surface area contributed by atoms with Gasteiger partial charge in [0.1, 0.15) is 5.75 Å². The van der Waals surface area contributed by atoms with Crippen LogP contribution in [0, 0.1) is 13.8 Å². The first-order valence-corrected chi connectivity index (χ1v) is 7.48. The molecule has 3 heteroatoms. The topological polar surface area (TPSA) is 21.3 Å². The molecule has 0 saturated heterocycles. The first-order chi connectivity index (χ1) is 9.51. The van der Waals surface area contributed by atoms with Gasteiger partial charge in [-0.05, 0) is 50.1 Å². The van der Waals surface area contributed by atoms with Crippen LogP contribution in [-0.4, -0.2) is 7.11 Å². The number of rotatable bonds is 4.